The fraction of sp³-hybridized carbons (Fsp3) is 0.600. The third kappa shape index (κ3) is 10.9. The lowest BCUT2D eigenvalue weighted by Crippen LogP contribution is -2.47. The Labute approximate surface area is 225 Å². The first-order valence-electron chi connectivity index (χ1n) is 12.6. The van der Waals surface area contributed by atoms with E-state index in [0.29, 0.717) is 34.3 Å². The molecule has 0 spiro atoms. The lowest BCUT2D eigenvalue weighted by molar-refractivity contribution is -0.320. The highest BCUT2D eigenvalue weighted by atomic mass is 19.4. The number of rotatable bonds is 15. The molecule has 0 amide bonds. The van der Waals surface area contributed by atoms with Crippen LogP contribution in [0.3, 0.4) is 0 Å². The summed E-state index contributed by atoms with van der Waals surface area (Å²) in [5.41, 5.74) is -2.73. The Kier molecular flexibility index (Phi) is 11.2. The molecule has 15 heteroatoms. The van der Waals surface area contributed by atoms with Gasteiger partial charge in [-0.1, -0.05) is 12.1 Å². The van der Waals surface area contributed by atoms with Gasteiger partial charge in [-0.15, -0.1) is 5.10 Å². The normalized spacial score (nSPS) is 12.4. The first-order chi connectivity index (χ1) is 18.5. The van der Waals surface area contributed by atoms with E-state index in [9.17, 15) is 45.8 Å². The maximum absolute atomic E-state index is 12.7. The Balaban J connectivity index is 2.05. The number of anilines is 1. The largest absolute Gasteiger partial charge is 0.546 e. The summed E-state index contributed by atoms with van der Waals surface area (Å²) in [5, 5.41) is 17.7. The number of nitrogens with zero attached hydrogens (tertiary/aromatic N) is 3. The summed E-state index contributed by atoms with van der Waals surface area (Å²) < 4.78 is 81.9. The number of halogens is 6. The Morgan fingerprint density at radius 1 is 0.975 bits per heavy atom. The topological polar surface area (TPSA) is 118 Å². The highest BCUT2D eigenvalue weighted by Gasteiger charge is 2.28. The smallest absolute Gasteiger partial charge is 0.389 e. The SMILES string of the molecule is CC(C)(Oc1cccc(CCCCNc2nn(CCCC(F)(F)F)c(=O)n(CCCC(F)(F)F)c2=O)c1)C(=O)[O-]. The molecule has 9 nitrogen and oxygen atoms in total. The van der Waals surface area contributed by atoms with Gasteiger partial charge in [0, 0.05) is 32.5 Å². The van der Waals surface area contributed by atoms with Crippen molar-refractivity contribution in [1.82, 2.24) is 14.3 Å². The van der Waals surface area contributed by atoms with E-state index in [1.807, 2.05) is 6.07 Å². The van der Waals surface area contributed by atoms with E-state index < -0.39 is 73.9 Å². The molecule has 1 aromatic carbocycles. The van der Waals surface area contributed by atoms with E-state index in [2.05, 4.69) is 10.4 Å². The van der Waals surface area contributed by atoms with E-state index in [0.717, 1.165) is 5.56 Å². The molecule has 0 saturated carbocycles. The first kappa shape index (κ1) is 32.7. The molecular weight excluding hydrogens is 550 g/mol. The average molecular weight is 582 g/mol. The molecule has 2 rings (SSSR count). The third-order valence-electron chi connectivity index (χ3n) is 5.74. The Morgan fingerprint density at radius 2 is 1.60 bits per heavy atom. The van der Waals surface area contributed by atoms with Crippen molar-refractivity contribution in [2.24, 2.45) is 0 Å². The number of aliphatic carboxylic acids is 1. The van der Waals surface area contributed by atoms with Gasteiger partial charge in [-0.2, -0.15) is 26.3 Å². The zero-order valence-electron chi connectivity index (χ0n) is 22.0. The number of carbonyl (C=O) groups excluding carboxylic acids is 1. The number of carbonyl (C=O) groups is 1. The van der Waals surface area contributed by atoms with Crippen molar-refractivity contribution in [3.63, 3.8) is 0 Å². The fourth-order valence-electron chi connectivity index (χ4n) is 3.64. The number of carboxylic acid groups (broad SMARTS) is 1. The standard InChI is InChI=1S/C25H32F6N4O5/c1-23(2,21(37)38)40-18-10-5-9-17(16-18)8-3-4-13-32-19-20(36)34(14-6-11-24(26,27)28)22(39)35(33-19)15-7-12-25(29,30)31/h5,9-10,16H,3-4,6-8,11-15H2,1-2H3,(H,32,33)(H,37,38)/p-1. The first-order valence-corrected chi connectivity index (χ1v) is 12.6. The van der Waals surface area contributed by atoms with Crippen LogP contribution in [0.5, 0.6) is 5.75 Å². The quantitative estimate of drug-likeness (QED) is 0.253. The lowest BCUT2D eigenvalue weighted by Gasteiger charge is -2.27. The van der Waals surface area contributed by atoms with Crippen LogP contribution in [0.15, 0.2) is 33.9 Å². The third-order valence-corrected chi connectivity index (χ3v) is 5.74. The van der Waals surface area contributed by atoms with E-state index in [1.165, 1.54) is 13.8 Å². The van der Waals surface area contributed by atoms with Crippen molar-refractivity contribution in [2.75, 3.05) is 11.9 Å². The number of aryl methyl sites for hydroxylation is 2. The molecule has 0 fully saturated rings. The number of ether oxygens (including phenoxy) is 1. The van der Waals surface area contributed by atoms with Crippen LogP contribution in [0.1, 0.15) is 57.9 Å². The monoisotopic (exact) mass is 581 g/mol. The minimum Gasteiger partial charge on any atom is -0.546 e. The van der Waals surface area contributed by atoms with Crippen LogP contribution in [0, 0.1) is 0 Å². The molecule has 224 valence electrons. The van der Waals surface area contributed by atoms with Crippen LogP contribution in [0.4, 0.5) is 32.2 Å². The van der Waals surface area contributed by atoms with Gasteiger partial charge in [-0.3, -0.25) is 9.36 Å². The van der Waals surface area contributed by atoms with Gasteiger partial charge in [0.1, 0.15) is 11.4 Å². The number of aromatic nitrogens is 3. The van der Waals surface area contributed by atoms with Gasteiger partial charge in [-0.25, -0.2) is 9.48 Å². The molecule has 0 aliphatic carbocycles. The summed E-state index contributed by atoms with van der Waals surface area (Å²) >= 11 is 0. The van der Waals surface area contributed by atoms with Crippen LogP contribution in [0.2, 0.25) is 0 Å². The van der Waals surface area contributed by atoms with Crippen molar-refractivity contribution in [1.29, 1.82) is 0 Å². The summed E-state index contributed by atoms with van der Waals surface area (Å²) in [6.07, 6.45) is -10.9. The average Bonchev–Trinajstić information content (AvgIpc) is 2.82. The second-order valence-corrected chi connectivity index (χ2v) is 9.68. The lowest BCUT2D eigenvalue weighted by atomic mass is 10.1. The number of hydrogen-bond donors (Lipinski definition) is 1. The summed E-state index contributed by atoms with van der Waals surface area (Å²) in [6, 6.07) is 6.78. The van der Waals surface area contributed by atoms with Gasteiger partial charge < -0.3 is 20.0 Å². The Hall–Kier alpha value is -3.52. The van der Waals surface area contributed by atoms with E-state index >= 15 is 0 Å². The molecule has 0 aliphatic rings. The molecule has 1 heterocycles. The van der Waals surface area contributed by atoms with Gasteiger partial charge in [0.05, 0.1) is 5.97 Å². The van der Waals surface area contributed by atoms with Gasteiger partial charge in [0.15, 0.2) is 0 Å². The van der Waals surface area contributed by atoms with Crippen LogP contribution in [-0.2, 0) is 24.3 Å². The summed E-state index contributed by atoms with van der Waals surface area (Å²) in [4.78, 5) is 36.4. The van der Waals surface area contributed by atoms with Crippen molar-refractivity contribution < 1.29 is 41.0 Å². The van der Waals surface area contributed by atoms with Crippen LogP contribution in [0.25, 0.3) is 0 Å². The maximum atomic E-state index is 12.7. The Bertz CT molecular complexity index is 1250. The minimum absolute atomic E-state index is 0.180. The molecule has 1 aromatic heterocycles. The molecule has 40 heavy (non-hydrogen) atoms. The van der Waals surface area contributed by atoms with Gasteiger partial charge >= 0.3 is 18.0 Å². The van der Waals surface area contributed by atoms with Crippen molar-refractivity contribution >= 4 is 11.8 Å². The molecular formula is C25H31F6N4O5-. The van der Waals surface area contributed by atoms with E-state index in [1.54, 1.807) is 18.2 Å². The predicted molar refractivity (Wildman–Crippen MR) is 131 cm³/mol. The highest BCUT2D eigenvalue weighted by Crippen LogP contribution is 2.23. The second-order valence-electron chi connectivity index (χ2n) is 9.68. The number of carboxylic acids is 1. The van der Waals surface area contributed by atoms with Gasteiger partial charge in [-0.05, 0) is 63.6 Å². The number of benzene rings is 1. The molecule has 0 radical (unpaired) electrons. The molecule has 0 atom stereocenters. The molecule has 0 saturated heterocycles. The van der Waals surface area contributed by atoms with E-state index in [-0.39, 0.29) is 12.4 Å². The Morgan fingerprint density at radius 3 is 2.20 bits per heavy atom. The molecule has 0 bridgehead atoms. The molecule has 2 aromatic rings. The number of alkyl halides is 6. The number of unbranched alkanes of at least 4 members (excludes halogenated alkanes) is 1. The van der Waals surface area contributed by atoms with E-state index in [4.69, 9.17) is 4.74 Å². The van der Waals surface area contributed by atoms with Gasteiger partial charge in [0.25, 0.3) is 5.56 Å². The zero-order chi connectivity index (χ0) is 30.1. The maximum Gasteiger partial charge on any atom is 0.389 e. The van der Waals surface area contributed by atoms with Crippen molar-refractivity contribution in [3.05, 3.63) is 50.7 Å². The molecule has 0 aliphatic heterocycles. The van der Waals surface area contributed by atoms with Crippen LogP contribution in [-0.4, -0.2) is 44.8 Å². The number of hydrogen-bond acceptors (Lipinski definition) is 7. The fourth-order valence-corrected chi connectivity index (χ4v) is 3.64. The number of nitrogens with one attached hydrogen (secondary N) is 1. The van der Waals surface area contributed by atoms with Crippen molar-refractivity contribution in [3.8, 4) is 5.75 Å². The predicted octanol–water partition coefficient (Wildman–Crippen LogP) is 3.43. The van der Waals surface area contributed by atoms with Crippen molar-refractivity contribution in [2.45, 2.75) is 89.8 Å². The summed E-state index contributed by atoms with van der Waals surface area (Å²) in [5.74, 6) is -1.38. The van der Waals surface area contributed by atoms with Crippen LogP contribution < -0.4 is 26.4 Å². The highest BCUT2D eigenvalue weighted by molar-refractivity contribution is 5.74. The summed E-state index contributed by atoms with van der Waals surface area (Å²) in [7, 11) is 0. The van der Waals surface area contributed by atoms with Gasteiger partial charge in [0.2, 0.25) is 5.82 Å². The minimum atomic E-state index is -4.50. The van der Waals surface area contributed by atoms with Crippen LogP contribution >= 0.6 is 0 Å². The molecule has 1 N–H and O–H groups in total. The summed E-state index contributed by atoms with van der Waals surface area (Å²) in [6.45, 7) is 1.86. The second kappa shape index (κ2) is 13.7. The zero-order valence-corrected chi connectivity index (χ0v) is 22.0. The molecule has 0 unspecified atom stereocenters.